The molecule has 1 fully saturated rings. The van der Waals surface area contributed by atoms with E-state index in [1.807, 2.05) is 0 Å². The number of ether oxygens (including phenoxy) is 1. The number of hydrogen-bond donors (Lipinski definition) is 1. The SMILES string of the molecule is C=C1C(=O)CC[C@@H](C(C)C)O[C@H]1CCO. The molecule has 2 atom stereocenters. The van der Waals surface area contributed by atoms with Gasteiger partial charge in [0.25, 0.3) is 0 Å². The third kappa shape index (κ3) is 3.14. The van der Waals surface area contributed by atoms with Gasteiger partial charge in [-0.1, -0.05) is 20.4 Å². The lowest BCUT2D eigenvalue weighted by Gasteiger charge is -2.24. The molecule has 0 aromatic carbocycles. The van der Waals surface area contributed by atoms with Crippen LogP contribution in [0.1, 0.15) is 33.1 Å². The number of ketones is 1. The summed E-state index contributed by atoms with van der Waals surface area (Å²) in [5.74, 6) is 0.474. The summed E-state index contributed by atoms with van der Waals surface area (Å²) in [4.78, 5) is 11.6. The molecule has 0 aromatic rings. The maximum absolute atomic E-state index is 11.6. The summed E-state index contributed by atoms with van der Waals surface area (Å²) in [6, 6.07) is 0. The zero-order valence-corrected chi connectivity index (χ0v) is 9.53. The Bertz CT molecular complexity index is 245. The van der Waals surface area contributed by atoms with Crippen LogP contribution in [0.5, 0.6) is 0 Å². The molecule has 0 unspecified atom stereocenters. The second kappa shape index (κ2) is 5.42. The van der Waals surface area contributed by atoms with Gasteiger partial charge in [-0.05, 0) is 12.3 Å². The van der Waals surface area contributed by atoms with Crippen molar-refractivity contribution in [3.8, 4) is 0 Å². The van der Waals surface area contributed by atoms with Gasteiger partial charge in [-0.25, -0.2) is 0 Å². The van der Waals surface area contributed by atoms with E-state index in [0.29, 0.717) is 24.3 Å². The van der Waals surface area contributed by atoms with Crippen LogP contribution in [0.3, 0.4) is 0 Å². The minimum absolute atomic E-state index is 0.0295. The topological polar surface area (TPSA) is 46.5 Å². The Kier molecular flexibility index (Phi) is 4.48. The Labute approximate surface area is 91.1 Å². The number of carbonyl (C=O) groups is 1. The Hall–Kier alpha value is -0.670. The van der Waals surface area contributed by atoms with Crippen molar-refractivity contribution in [3.05, 3.63) is 12.2 Å². The van der Waals surface area contributed by atoms with Crippen LogP contribution in [0.4, 0.5) is 0 Å². The molecular weight excluding hydrogens is 192 g/mol. The highest BCUT2D eigenvalue weighted by Crippen LogP contribution is 2.25. The maximum atomic E-state index is 11.6. The first-order chi connectivity index (χ1) is 7.06. The number of rotatable bonds is 3. The monoisotopic (exact) mass is 212 g/mol. The molecule has 1 rings (SSSR count). The fourth-order valence-electron chi connectivity index (χ4n) is 1.82. The Balaban J connectivity index is 2.73. The summed E-state index contributed by atoms with van der Waals surface area (Å²) in [7, 11) is 0. The van der Waals surface area contributed by atoms with Gasteiger partial charge in [-0.15, -0.1) is 0 Å². The first-order valence-corrected chi connectivity index (χ1v) is 5.54. The molecule has 0 aromatic heterocycles. The average Bonchev–Trinajstić information content (AvgIpc) is 2.32. The van der Waals surface area contributed by atoms with Crippen molar-refractivity contribution < 1.29 is 14.6 Å². The van der Waals surface area contributed by atoms with Crippen molar-refractivity contribution in [1.82, 2.24) is 0 Å². The molecule has 0 amide bonds. The van der Waals surface area contributed by atoms with Crippen LogP contribution < -0.4 is 0 Å². The zero-order chi connectivity index (χ0) is 11.4. The van der Waals surface area contributed by atoms with E-state index in [1.165, 1.54) is 0 Å². The Morgan fingerprint density at radius 1 is 1.60 bits per heavy atom. The van der Waals surface area contributed by atoms with Crippen molar-refractivity contribution in [2.75, 3.05) is 6.61 Å². The molecule has 1 aliphatic rings. The second-order valence-electron chi connectivity index (χ2n) is 4.41. The predicted octanol–water partition coefficient (Wildman–Crippen LogP) is 1.70. The molecule has 0 saturated carbocycles. The number of hydrogen-bond acceptors (Lipinski definition) is 3. The van der Waals surface area contributed by atoms with Crippen LogP contribution in [-0.4, -0.2) is 29.7 Å². The van der Waals surface area contributed by atoms with Gasteiger partial charge in [-0.3, -0.25) is 4.79 Å². The van der Waals surface area contributed by atoms with Crippen molar-refractivity contribution in [2.45, 2.75) is 45.3 Å². The van der Waals surface area contributed by atoms with Crippen LogP contribution in [0.2, 0.25) is 0 Å². The third-order valence-corrected chi connectivity index (χ3v) is 2.88. The lowest BCUT2D eigenvalue weighted by atomic mass is 10.00. The Morgan fingerprint density at radius 2 is 2.27 bits per heavy atom. The van der Waals surface area contributed by atoms with E-state index in [-0.39, 0.29) is 24.6 Å². The van der Waals surface area contributed by atoms with Gasteiger partial charge in [0, 0.05) is 25.0 Å². The van der Waals surface area contributed by atoms with Crippen LogP contribution in [-0.2, 0) is 9.53 Å². The smallest absolute Gasteiger partial charge is 0.160 e. The highest BCUT2D eigenvalue weighted by Gasteiger charge is 2.29. The third-order valence-electron chi connectivity index (χ3n) is 2.88. The molecular formula is C12H20O3. The summed E-state index contributed by atoms with van der Waals surface area (Å²) in [6.07, 6.45) is 1.55. The van der Waals surface area contributed by atoms with Gasteiger partial charge in [0.15, 0.2) is 5.78 Å². The summed E-state index contributed by atoms with van der Waals surface area (Å²) in [6.45, 7) is 7.96. The summed E-state index contributed by atoms with van der Waals surface area (Å²) >= 11 is 0. The normalized spacial score (nSPS) is 28.3. The van der Waals surface area contributed by atoms with Crippen LogP contribution in [0, 0.1) is 5.92 Å². The standard InChI is InChI=1S/C12H20O3/c1-8(2)11-5-4-10(14)9(3)12(15-11)6-7-13/h8,11-13H,3-7H2,1-2H3/t11-,12-/m0/s1. The molecule has 0 radical (unpaired) electrons. The average molecular weight is 212 g/mol. The molecule has 86 valence electrons. The molecule has 1 N–H and O–H groups in total. The molecule has 0 aliphatic carbocycles. The number of carbonyl (C=O) groups excluding carboxylic acids is 1. The molecule has 0 bridgehead atoms. The van der Waals surface area contributed by atoms with Crippen molar-refractivity contribution in [1.29, 1.82) is 0 Å². The van der Waals surface area contributed by atoms with Gasteiger partial charge in [0.05, 0.1) is 12.2 Å². The number of aliphatic hydroxyl groups excluding tert-OH is 1. The molecule has 1 aliphatic heterocycles. The van der Waals surface area contributed by atoms with E-state index in [0.717, 1.165) is 6.42 Å². The highest BCUT2D eigenvalue weighted by atomic mass is 16.5. The van der Waals surface area contributed by atoms with Crippen molar-refractivity contribution in [2.24, 2.45) is 5.92 Å². The van der Waals surface area contributed by atoms with E-state index in [4.69, 9.17) is 9.84 Å². The summed E-state index contributed by atoms with van der Waals surface area (Å²) in [5, 5.41) is 8.91. The zero-order valence-electron chi connectivity index (χ0n) is 9.53. The van der Waals surface area contributed by atoms with Crippen LogP contribution >= 0.6 is 0 Å². The fraction of sp³-hybridized carbons (Fsp3) is 0.750. The molecule has 3 nitrogen and oxygen atoms in total. The van der Waals surface area contributed by atoms with E-state index >= 15 is 0 Å². The molecule has 1 heterocycles. The summed E-state index contributed by atoms with van der Waals surface area (Å²) < 4.78 is 5.82. The minimum atomic E-state index is -0.294. The summed E-state index contributed by atoms with van der Waals surface area (Å²) in [5.41, 5.74) is 0.521. The first-order valence-electron chi connectivity index (χ1n) is 5.54. The lowest BCUT2D eigenvalue weighted by molar-refractivity contribution is -0.115. The lowest BCUT2D eigenvalue weighted by Crippen LogP contribution is -2.26. The molecule has 1 saturated heterocycles. The van der Waals surface area contributed by atoms with Crippen molar-refractivity contribution in [3.63, 3.8) is 0 Å². The van der Waals surface area contributed by atoms with E-state index in [9.17, 15) is 4.79 Å². The van der Waals surface area contributed by atoms with E-state index in [2.05, 4.69) is 20.4 Å². The van der Waals surface area contributed by atoms with E-state index < -0.39 is 0 Å². The second-order valence-corrected chi connectivity index (χ2v) is 4.41. The number of Topliss-reactive ketones (excluding diaryl/α,β-unsaturated/α-hetero) is 1. The highest BCUT2D eigenvalue weighted by molar-refractivity contribution is 5.95. The number of aliphatic hydroxyl groups is 1. The minimum Gasteiger partial charge on any atom is -0.396 e. The van der Waals surface area contributed by atoms with Crippen molar-refractivity contribution >= 4 is 5.78 Å². The van der Waals surface area contributed by atoms with Gasteiger partial charge >= 0.3 is 0 Å². The van der Waals surface area contributed by atoms with Gasteiger partial charge in [-0.2, -0.15) is 0 Å². The Morgan fingerprint density at radius 3 is 2.80 bits per heavy atom. The van der Waals surface area contributed by atoms with Gasteiger partial charge in [0.2, 0.25) is 0 Å². The fourth-order valence-corrected chi connectivity index (χ4v) is 1.82. The first kappa shape index (κ1) is 12.4. The maximum Gasteiger partial charge on any atom is 0.160 e. The van der Waals surface area contributed by atoms with Gasteiger partial charge in [0.1, 0.15) is 0 Å². The molecule has 0 spiro atoms. The van der Waals surface area contributed by atoms with Crippen LogP contribution in [0.15, 0.2) is 12.2 Å². The molecule has 3 heteroatoms. The van der Waals surface area contributed by atoms with Gasteiger partial charge < -0.3 is 9.84 Å². The molecule has 15 heavy (non-hydrogen) atoms. The largest absolute Gasteiger partial charge is 0.396 e. The van der Waals surface area contributed by atoms with Crippen LogP contribution in [0.25, 0.3) is 0 Å². The predicted molar refractivity (Wildman–Crippen MR) is 58.6 cm³/mol. The quantitative estimate of drug-likeness (QED) is 0.724. The van der Waals surface area contributed by atoms with E-state index in [1.54, 1.807) is 0 Å².